The predicted octanol–water partition coefficient (Wildman–Crippen LogP) is 9.37. The van der Waals surface area contributed by atoms with Crippen LogP contribution in [-0.4, -0.2) is 0 Å². The van der Waals surface area contributed by atoms with E-state index in [0.29, 0.717) is 27.6 Å². The zero-order chi connectivity index (χ0) is 22.7. The molecule has 0 saturated heterocycles. The summed E-state index contributed by atoms with van der Waals surface area (Å²) in [6.45, 7) is 2.20. The molecular weight excluding hydrogens is 429 g/mol. The van der Waals surface area contributed by atoms with Crippen molar-refractivity contribution >= 4 is 22.4 Å². The highest BCUT2D eigenvalue weighted by Crippen LogP contribution is 2.32. The molecule has 0 aliphatic carbocycles. The van der Waals surface area contributed by atoms with Crippen molar-refractivity contribution < 1.29 is 13.2 Å². The molecule has 0 saturated carbocycles. The summed E-state index contributed by atoms with van der Waals surface area (Å²) in [5, 5.41) is 0.960. The molecule has 0 atom stereocenters. The molecule has 0 radical (unpaired) electrons. The lowest BCUT2D eigenvalue weighted by atomic mass is 9.96. The van der Waals surface area contributed by atoms with E-state index in [-0.39, 0.29) is 5.82 Å². The van der Waals surface area contributed by atoms with Gasteiger partial charge in [0.2, 0.25) is 0 Å². The second kappa shape index (κ2) is 9.79. The van der Waals surface area contributed by atoms with Crippen LogP contribution in [0.15, 0.2) is 66.7 Å². The summed E-state index contributed by atoms with van der Waals surface area (Å²) in [6, 6.07) is 19.0. The van der Waals surface area contributed by atoms with E-state index in [1.54, 1.807) is 30.3 Å². The third-order valence-electron chi connectivity index (χ3n) is 5.85. The summed E-state index contributed by atoms with van der Waals surface area (Å²) in [5.74, 6) is -1.89. The van der Waals surface area contributed by atoms with Crippen LogP contribution >= 0.6 is 11.6 Å². The van der Waals surface area contributed by atoms with E-state index in [4.69, 9.17) is 11.6 Å². The first-order valence-corrected chi connectivity index (χ1v) is 11.3. The van der Waals surface area contributed by atoms with E-state index < -0.39 is 16.7 Å². The van der Waals surface area contributed by atoms with Crippen LogP contribution in [0.25, 0.3) is 33.0 Å². The van der Waals surface area contributed by atoms with Gasteiger partial charge in [-0.05, 0) is 52.6 Å². The van der Waals surface area contributed by atoms with Gasteiger partial charge in [0, 0.05) is 10.9 Å². The van der Waals surface area contributed by atoms with Crippen molar-refractivity contribution in [3.8, 4) is 22.3 Å². The Bertz CT molecular complexity index is 1220. The number of fused-ring (bicyclic) bond motifs is 1. The third-order valence-corrected chi connectivity index (χ3v) is 6.21. The Labute approximate surface area is 191 Å². The lowest BCUT2D eigenvalue weighted by Gasteiger charge is -2.10. The molecule has 164 valence electrons. The molecule has 4 rings (SSSR count). The quantitative estimate of drug-likeness (QED) is 0.193. The number of hydrogen-bond donors (Lipinski definition) is 0. The van der Waals surface area contributed by atoms with Crippen molar-refractivity contribution in [3.05, 3.63) is 94.8 Å². The van der Waals surface area contributed by atoms with Crippen molar-refractivity contribution in [2.24, 2.45) is 0 Å². The van der Waals surface area contributed by atoms with Crippen LogP contribution in [0.3, 0.4) is 0 Å². The lowest BCUT2D eigenvalue weighted by Crippen LogP contribution is -1.91. The molecule has 0 bridgehead atoms. The molecule has 0 spiro atoms. The maximum atomic E-state index is 15.3. The normalized spacial score (nSPS) is 11.3. The summed E-state index contributed by atoms with van der Waals surface area (Å²) >= 11 is 5.56. The molecule has 32 heavy (non-hydrogen) atoms. The first-order valence-electron chi connectivity index (χ1n) is 10.9. The number of aryl methyl sites for hydroxylation is 1. The minimum atomic E-state index is -0.809. The summed E-state index contributed by atoms with van der Waals surface area (Å²) in [5.41, 5.74) is 3.42. The third kappa shape index (κ3) is 4.68. The topological polar surface area (TPSA) is 0 Å². The molecule has 4 aromatic carbocycles. The van der Waals surface area contributed by atoms with Crippen molar-refractivity contribution in [1.82, 2.24) is 0 Å². The molecule has 0 aliphatic rings. The van der Waals surface area contributed by atoms with Gasteiger partial charge in [0.05, 0.1) is 0 Å². The Morgan fingerprint density at radius 1 is 0.688 bits per heavy atom. The largest absolute Gasteiger partial charge is 0.206 e. The summed E-state index contributed by atoms with van der Waals surface area (Å²) in [7, 11) is 0. The van der Waals surface area contributed by atoms with Crippen LogP contribution in [0.4, 0.5) is 13.2 Å². The molecule has 0 unspecified atom stereocenters. The maximum Gasteiger partial charge on any atom is 0.145 e. The molecule has 4 aromatic rings. The molecule has 0 amide bonds. The Kier molecular flexibility index (Phi) is 6.86. The van der Waals surface area contributed by atoms with Crippen molar-refractivity contribution in [1.29, 1.82) is 0 Å². The van der Waals surface area contributed by atoms with Crippen molar-refractivity contribution in [3.63, 3.8) is 0 Å². The Hall–Kier alpha value is -2.78. The van der Waals surface area contributed by atoms with E-state index in [0.717, 1.165) is 18.2 Å². The monoisotopic (exact) mass is 452 g/mol. The Balaban J connectivity index is 1.60. The van der Waals surface area contributed by atoms with Crippen LogP contribution in [0, 0.1) is 17.5 Å². The molecule has 0 heterocycles. The average Bonchev–Trinajstić information content (AvgIpc) is 2.80. The van der Waals surface area contributed by atoms with E-state index in [9.17, 15) is 8.78 Å². The second-order valence-corrected chi connectivity index (χ2v) is 8.50. The van der Waals surface area contributed by atoms with Crippen molar-refractivity contribution in [2.45, 2.75) is 39.0 Å². The van der Waals surface area contributed by atoms with Gasteiger partial charge in [0.25, 0.3) is 0 Å². The smallest absolute Gasteiger partial charge is 0.145 e. The maximum absolute atomic E-state index is 15.3. The van der Waals surface area contributed by atoms with Gasteiger partial charge in [-0.25, -0.2) is 13.2 Å². The van der Waals surface area contributed by atoms with Crippen LogP contribution in [0.1, 0.15) is 38.2 Å². The zero-order valence-corrected chi connectivity index (χ0v) is 18.7. The zero-order valence-electron chi connectivity index (χ0n) is 17.9. The van der Waals surface area contributed by atoms with Crippen LogP contribution in [-0.2, 0) is 6.42 Å². The molecule has 0 aliphatic heterocycles. The van der Waals surface area contributed by atoms with Gasteiger partial charge in [-0.1, -0.05) is 92.4 Å². The lowest BCUT2D eigenvalue weighted by molar-refractivity contribution is 0.585. The molecule has 4 heteroatoms. The SMILES string of the molecule is CCCCCCc1ccc2c(F)c(-c3ccc(-c4cc(F)c(Cl)c(F)c4)cc3)ccc2c1. The highest BCUT2D eigenvalue weighted by molar-refractivity contribution is 6.31. The van der Waals surface area contributed by atoms with E-state index >= 15 is 4.39 Å². The fourth-order valence-electron chi connectivity index (χ4n) is 4.04. The molecule has 0 nitrogen and oxygen atoms in total. The summed E-state index contributed by atoms with van der Waals surface area (Å²) < 4.78 is 42.9. The number of unbranched alkanes of at least 4 members (excludes halogenated alkanes) is 3. The standard InChI is InChI=1S/C28H24ClF3/c1-2-3-4-5-6-18-7-13-24-21(15-18)12-14-23(28(24)32)20-10-8-19(9-11-20)22-16-25(30)27(29)26(31)17-22/h7-17H,2-6H2,1H3. The molecule has 0 fully saturated rings. The first-order chi connectivity index (χ1) is 15.5. The highest BCUT2D eigenvalue weighted by Gasteiger charge is 2.12. The Morgan fingerprint density at radius 3 is 2.06 bits per heavy atom. The summed E-state index contributed by atoms with van der Waals surface area (Å²) in [4.78, 5) is 0. The highest BCUT2D eigenvalue weighted by atomic mass is 35.5. The fraction of sp³-hybridized carbons (Fsp3) is 0.214. The second-order valence-electron chi connectivity index (χ2n) is 8.12. The van der Waals surface area contributed by atoms with Crippen LogP contribution in [0.5, 0.6) is 0 Å². The van der Waals surface area contributed by atoms with Gasteiger partial charge in [0.15, 0.2) is 0 Å². The van der Waals surface area contributed by atoms with E-state index in [1.165, 1.54) is 37.0 Å². The predicted molar refractivity (Wildman–Crippen MR) is 128 cm³/mol. The van der Waals surface area contributed by atoms with Gasteiger partial charge in [-0.15, -0.1) is 0 Å². The van der Waals surface area contributed by atoms with Crippen molar-refractivity contribution in [2.75, 3.05) is 0 Å². The number of rotatable bonds is 7. The minimum absolute atomic E-state index is 0.267. The van der Waals surface area contributed by atoms with Gasteiger partial charge >= 0.3 is 0 Å². The first kappa shape index (κ1) is 22.4. The molecule has 0 N–H and O–H groups in total. The Morgan fingerprint density at radius 2 is 1.38 bits per heavy atom. The number of hydrogen-bond acceptors (Lipinski definition) is 0. The van der Waals surface area contributed by atoms with E-state index in [1.807, 2.05) is 18.2 Å². The van der Waals surface area contributed by atoms with Gasteiger partial charge < -0.3 is 0 Å². The minimum Gasteiger partial charge on any atom is -0.206 e. The number of benzene rings is 4. The molecule has 0 aromatic heterocycles. The van der Waals surface area contributed by atoms with Gasteiger partial charge in [0.1, 0.15) is 22.5 Å². The van der Waals surface area contributed by atoms with E-state index in [2.05, 4.69) is 13.0 Å². The fourth-order valence-corrected chi connectivity index (χ4v) is 4.15. The molecular formula is C28H24ClF3. The van der Waals surface area contributed by atoms with Crippen LogP contribution < -0.4 is 0 Å². The summed E-state index contributed by atoms with van der Waals surface area (Å²) in [6.07, 6.45) is 5.82. The van der Waals surface area contributed by atoms with Gasteiger partial charge in [-0.2, -0.15) is 0 Å². The van der Waals surface area contributed by atoms with Gasteiger partial charge in [-0.3, -0.25) is 0 Å². The number of halogens is 4. The average molecular weight is 453 g/mol. The van der Waals surface area contributed by atoms with Crippen LogP contribution in [0.2, 0.25) is 5.02 Å².